The van der Waals surface area contributed by atoms with Crippen LogP contribution in [0.25, 0.3) is 0 Å². The standard InChI is InChI=1S/C20H33/c1-17(2)11-9-15-19(5)13-7-8-14-20(6)16-10-12-18(3)4/h7,11-14H,8-10,15-16H2,1-6H3/b19-13+,20-14?. The molecule has 0 bridgehead atoms. The van der Waals surface area contributed by atoms with Gasteiger partial charge in [-0.15, -0.1) is 0 Å². The van der Waals surface area contributed by atoms with Gasteiger partial charge < -0.3 is 0 Å². The first-order chi connectivity index (χ1) is 9.41. The molecule has 0 unspecified atom stereocenters. The zero-order valence-corrected chi connectivity index (χ0v) is 14.4. The molecule has 0 spiro atoms. The van der Waals surface area contributed by atoms with Gasteiger partial charge >= 0.3 is 0 Å². The van der Waals surface area contributed by atoms with Gasteiger partial charge in [0.25, 0.3) is 0 Å². The third kappa shape index (κ3) is 13.4. The minimum atomic E-state index is 1.06. The summed E-state index contributed by atoms with van der Waals surface area (Å²) in [6.07, 6.45) is 17.3. The topological polar surface area (TPSA) is 0 Å². The van der Waals surface area contributed by atoms with E-state index in [1.807, 2.05) is 0 Å². The molecule has 0 saturated heterocycles. The van der Waals surface area contributed by atoms with Crippen molar-refractivity contribution in [3.8, 4) is 0 Å². The van der Waals surface area contributed by atoms with Crippen molar-refractivity contribution in [2.45, 2.75) is 73.6 Å². The molecule has 1 radical (unpaired) electrons. The second-order valence-electron chi connectivity index (χ2n) is 6.18. The molecule has 0 aliphatic rings. The Morgan fingerprint density at radius 3 is 1.65 bits per heavy atom. The van der Waals surface area contributed by atoms with Crippen LogP contribution in [0.5, 0.6) is 0 Å². The summed E-state index contributed by atoms with van der Waals surface area (Å²) >= 11 is 0. The molecule has 0 atom stereocenters. The van der Waals surface area contributed by atoms with E-state index in [1.165, 1.54) is 41.6 Å². The highest BCUT2D eigenvalue weighted by atomic mass is 14.0. The zero-order valence-electron chi connectivity index (χ0n) is 14.4. The van der Waals surface area contributed by atoms with Crippen molar-refractivity contribution in [3.63, 3.8) is 0 Å². The van der Waals surface area contributed by atoms with Crippen LogP contribution >= 0.6 is 0 Å². The summed E-state index contributed by atoms with van der Waals surface area (Å²) in [7, 11) is 0. The van der Waals surface area contributed by atoms with Crippen LogP contribution in [-0.4, -0.2) is 0 Å². The highest BCUT2D eigenvalue weighted by molar-refractivity contribution is 5.11. The molecule has 0 aromatic heterocycles. The Bertz CT molecular complexity index is 329. The summed E-state index contributed by atoms with van der Waals surface area (Å²) in [5, 5.41) is 0. The van der Waals surface area contributed by atoms with Gasteiger partial charge in [0.15, 0.2) is 0 Å². The third-order valence-corrected chi connectivity index (χ3v) is 3.19. The van der Waals surface area contributed by atoms with E-state index >= 15 is 0 Å². The molecule has 0 aliphatic heterocycles. The first-order valence-electron chi connectivity index (χ1n) is 7.83. The molecule has 0 nitrogen and oxygen atoms in total. The Hall–Kier alpha value is -1.04. The maximum Gasteiger partial charge on any atom is -0.0130 e. The Kier molecular flexibility index (Phi) is 11.1. The van der Waals surface area contributed by atoms with Crippen molar-refractivity contribution in [1.82, 2.24) is 0 Å². The van der Waals surface area contributed by atoms with Gasteiger partial charge in [-0.2, -0.15) is 0 Å². The van der Waals surface area contributed by atoms with Crippen LogP contribution < -0.4 is 0 Å². The first kappa shape index (κ1) is 19.0. The van der Waals surface area contributed by atoms with Crippen molar-refractivity contribution in [2.24, 2.45) is 0 Å². The van der Waals surface area contributed by atoms with E-state index in [0.717, 1.165) is 12.8 Å². The van der Waals surface area contributed by atoms with E-state index in [9.17, 15) is 0 Å². The lowest BCUT2D eigenvalue weighted by molar-refractivity contribution is 0.950. The second kappa shape index (κ2) is 11.8. The largest absolute Gasteiger partial charge is 0.0856 e. The summed E-state index contributed by atoms with van der Waals surface area (Å²) in [5.74, 6) is 0. The summed E-state index contributed by atoms with van der Waals surface area (Å²) in [6.45, 7) is 13.1. The van der Waals surface area contributed by atoms with Crippen LogP contribution in [0.1, 0.15) is 73.6 Å². The Balaban J connectivity index is 3.86. The van der Waals surface area contributed by atoms with Crippen molar-refractivity contribution >= 4 is 0 Å². The normalized spacial score (nSPS) is 12.3. The first-order valence-corrected chi connectivity index (χ1v) is 7.83. The molecule has 0 saturated carbocycles. The van der Waals surface area contributed by atoms with E-state index in [-0.39, 0.29) is 0 Å². The van der Waals surface area contributed by atoms with E-state index in [1.54, 1.807) is 0 Å². The highest BCUT2D eigenvalue weighted by Gasteiger charge is 1.91. The monoisotopic (exact) mass is 273 g/mol. The molecule has 0 amide bonds. The van der Waals surface area contributed by atoms with E-state index in [2.05, 4.69) is 72.3 Å². The maximum atomic E-state index is 2.35. The molecular formula is C20H33. The fourth-order valence-corrected chi connectivity index (χ4v) is 1.90. The van der Waals surface area contributed by atoms with Crippen LogP contribution in [0.15, 0.2) is 46.6 Å². The minimum absolute atomic E-state index is 1.06. The van der Waals surface area contributed by atoms with E-state index in [4.69, 9.17) is 0 Å². The highest BCUT2D eigenvalue weighted by Crippen LogP contribution is 2.11. The number of hydrogen-bond acceptors (Lipinski definition) is 0. The lowest BCUT2D eigenvalue weighted by atomic mass is 10.1. The zero-order chi connectivity index (χ0) is 15.4. The molecule has 0 aromatic rings. The van der Waals surface area contributed by atoms with Crippen LogP contribution in [0.2, 0.25) is 0 Å². The van der Waals surface area contributed by atoms with Crippen molar-refractivity contribution in [2.75, 3.05) is 0 Å². The predicted octanol–water partition coefficient (Wildman–Crippen LogP) is 6.97. The fourth-order valence-electron chi connectivity index (χ4n) is 1.90. The van der Waals surface area contributed by atoms with Crippen LogP contribution in [0, 0.1) is 6.42 Å². The molecule has 20 heavy (non-hydrogen) atoms. The second-order valence-corrected chi connectivity index (χ2v) is 6.18. The van der Waals surface area contributed by atoms with Gasteiger partial charge in [-0.05, 0) is 80.1 Å². The van der Waals surface area contributed by atoms with Crippen LogP contribution in [0.3, 0.4) is 0 Å². The van der Waals surface area contributed by atoms with Crippen molar-refractivity contribution in [3.05, 3.63) is 53.0 Å². The smallest absolute Gasteiger partial charge is 0.0130 e. The number of allylic oxidation sites excluding steroid dienone is 8. The van der Waals surface area contributed by atoms with Gasteiger partial charge in [0, 0.05) is 0 Å². The molecule has 0 aliphatic carbocycles. The van der Waals surface area contributed by atoms with E-state index < -0.39 is 0 Å². The molecule has 0 aromatic carbocycles. The lowest BCUT2D eigenvalue weighted by Gasteiger charge is -2.00. The molecule has 0 N–H and O–H groups in total. The summed E-state index contributed by atoms with van der Waals surface area (Å²) < 4.78 is 0. The van der Waals surface area contributed by atoms with Gasteiger partial charge in [-0.1, -0.05) is 46.6 Å². The summed E-state index contributed by atoms with van der Waals surface area (Å²) in [6, 6.07) is 0. The third-order valence-electron chi connectivity index (χ3n) is 3.19. The molecule has 0 rings (SSSR count). The van der Waals surface area contributed by atoms with Gasteiger partial charge in [0.1, 0.15) is 0 Å². The molecule has 0 heteroatoms. The van der Waals surface area contributed by atoms with Gasteiger partial charge in [0.2, 0.25) is 0 Å². The average molecular weight is 273 g/mol. The lowest BCUT2D eigenvalue weighted by Crippen LogP contribution is -1.80. The Labute approximate surface area is 127 Å². The Morgan fingerprint density at radius 1 is 0.650 bits per heavy atom. The van der Waals surface area contributed by atoms with Crippen molar-refractivity contribution in [1.29, 1.82) is 0 Å². The molecule has 113 valence electrons. The van der Waals surface area contributed by atoms with Crippen LogP contribution in [0.4, 0.5) is 0 Å². The SMILES string of the molecule is CC(C)=CCCC(C)=CC[CH]/C=C(\C)CCC=C(C)C. The number of rotatable bonds is 9. The predicted molar refractivity (Wildman–Crippen MR) is 93.8 cm³/mol. The quantitative estimate of drug-likeness (QED) is 0.314. The van der Waals surface area contributed by atoms with Gasteiger partial charge in [-0.25, -0.2) is 0 Å². The maximum absolute atomic E-state index is 2.35. The van der Waals surface area contributed by atoms with Crippen LogP contribution in [-0.2, 0) is 0 Å². The molecular weight excluding hydrogens is 240 g/mol. The van der Waals surface area contributed by atoms with Gasteiger partial charge in [-0.3, -0.25) is 0 Å². The van der Waals surface area contributed by atoms with Gasteiger partial charge in [0.05, 0.1) is 0 Å². The van der Waals surface area contributed by atoms with Crippen molar-refractivity contribution < 1.29 is 0 Å². The average Bonchev–Trinajstić information content (AvgIpc) is 2.33. The summed E-state index contributed by atoms with van der Waals surface area (Å²) in [5.41, 5.74) is 5.79. The Morgan fingerprint density at radius 2 is 1.15 bits per heavy atom. The van der Waals surface area contributed by atoms with E-state index in [0.29, 0.717) is 0 Å². The molecule has 0 fully saturated rings. The number of hydrogen-bond donors (Lipinski definition) is 0. The fraction of sp³-hybridized carbons (Fsp3) is 0.550. The molecule has 0 heterocycles. The number of unbranched alkanes of at least 4 members (excludes halogenated alkanes) is 1. The summed E-state index contributed by atoms with van der Waals surface area (Å²) in [4.78, 5) is 0. The minimum Gasteiger partial charge on any atom is -0.0856 e.